The number of carbonyl (C=O) groups excluding carboxylic acids is 1. The van der Waals surface area contributed by atoms with E-state index in [9.17, 15) is 14.7 Å². The number of carbonyl (C=O) groups is 2. The quantitative estimate of drug-likeness (QED) is 0.868. The highest BCUT2D eigenvalue weighted by Crippen LogP contribution is 2.30. The molecule has 0 aliphatic heterocycles. The zero-order valence-electron chi connectivity index (χ0n) is 11.9. The summed E-state index contributed by atoms with van der Waals surface area (Å²) in [5.41, 5.74) is -1.62. The molecule has 1 rings (SSSR count). The van der Waals surface area contributed by atoms with Crippen LogP contribution in [0.1, 0.15) is 43.7 Å². The van der Waals surface area contributed by atoms with Gasteiger partial charge in [-0.15, -0.1) is 0 Å². The highest BCUT2D eigenvalue weighted by molar-refractivity contribution is 5.93. The molecule has 0 aliphatic rings. The van der Waals surface area contributed by atoms with Gasteiger partial charge >= 0.3 is 5.97 Å². The van der Waals surface area contributed by atoms with Crippen molar-refractivity contribution in [1.82, 2.24) is 10.3 Å². The van der Waals surface area contributed by atoms with Gasteiger partial charge in [0.15, 0.2) is 0 Å². The third-order valence-corrected chi connectivity index (χ3v) is 3.65. The topological polar surface area (TPSA) is 103 Å². The Bertz CT molecular complexity index is 568. The third kappa shape index (κ3) is 2.94. The molecule has 1 aromatic heterocycles. The Morgan fingerprint density at radius 1 is 1.30 bits per heavy atom. The fourth-order valence-electron chi connectivity index (χ4n) is 1.37. The summed E-state index contributed by atoms with van der Waals surface area (Å²) in [5.74, 6) is -1.48. The first kappa shape index (κ1) is 15.6. The van der Waals surface area contributed by atoms with Crippen molar-refractivity contribution in [3.8, 4) is 6.07 Å². The molecule has 20 heavy (non-hydrogen) atoms. The largest absolute Gasteiger partial charge is 0.481 e. The lowest BCUT2D eigenvalue weighted by Crippen LogP contribution is -2.57. The Kier molecular flexibility index (Phi) is 4.14. The van der Waals surface area contributed by atoms with Crippen LogP contribution in [0.4, 0.5) is 0 Å². The summed E-state index contributed by atoms with van der Waals surface area (Å²) in [6.07, 6.45) is 1.30. The molecule has 0 spiro atoms. The Hall–Kier alpha value is -2.42. The number of hydrogen-bond acceptors (Lipinski definition) is 4. The minimum Gasteiger partial charge on any atom is -0.481 e. The molecule has 0 aliphatic carbocycles. The van der Waals surface area contributed by atoms with Crippen molar-refractivity contribution in [2.24, 2.45) is 5.41 Å². The molecule has 0 aromatic carbocycles. The van der Waals surface area contributed by atoms with Crippen LogP contribution in [0.15, 0.2) is 18.3 Å². The summed E-state index contributed by atoms with van der Waals surface area (Å²) < 4.78 is 0. The number of aliphatic carboxylic acids is 1. The summed E-state index contributed by atoms with van der Waals surface area (Å²) in [6, 6.07) is 4.82. The number of carboxylic acid groups (broad SMARTS) is 1. The monoisotopic (exact) mass is 275 g/mol. The van der Waals surface area contributed by atoms with Crippen LogP contribution in [-0.2, 0) is 4.79 Å². The second-order valence-corrected chi connectivity index (χ2v) is 5.55. The number of nitrogens with zero attached hydrogens (tertiary/aromatic N) is 2. The number of nitrogens with one attached hydrogen (secondary N) is 1. The van der Waals surface area contributed by atoms with Gasteiger partial charge in [-0.2, -0.15) is 5.26 Å². The molecular weight excluding hydrogens is 258 g/mol. The second kappa shape index (κ2) is 5.29. The number of carboxylic acids is 1. The number of rotatable bonds is 4. The van der Waals surface area contributed by atoms with Crippen molar-refractivity contribution in [1.29, 1.82) is 5.26 Å². The van der Waals surface area contributed by atoms with E-state index in [4.69, 9.17) is 5.26 Å². The summed E-state index contributed by atoms with van der Waals surface area (Å²) in [4.78, 5) is 27.2. The van der Waals surface area contributed by atoms with E-state index in [1.165, 1.54) is 18.3 Å². The maximum absolute atomic E-state index is 12.1. The summed E-state index contributed by atoms with van der Waals surface area (Å²) in [7, 11) is 0. The van der Waals surface area contributed by atoms with Gasteiger partial charge < -0.3 is 10.4 Å². The zero-order valence-corrected chi connectivity index (χ0v) is 11.9. The molecule has 1 amide bonds. The molecule has 0 unspecified atom stereocenters. The number of pyridine rings is 1. The van der Waals surface area contributed by atoms with Crippen molar-refractivity contribution < 1.29 is 14.7 Å². The number of aromatic nitrogens is 1. The van der Waals surface area contributed by atoms with E-state index in [-0.39, 0.29) is 5.69 Å². The lowest BCUT2D eigenvalue weighted by Gasteiger charge is -2.38. The van der Waals surface area contributed by atoms with Crippen LogP contribution >= 0.6 is 0 Å². The molecule has 106 valence electrons. The van der Waals surface area contributed by atoms with Gasteiger partial charge in [0.2, 0.25) is 0 Å². The fraction of sp³-hybridized carbons (Fsp3) is 0.429. The Morgan fingerprint density at radius 2 is 1.90 bits per heavy atom. The molecule has 0 saturated carbocycles. The van der Waals surface area contributed by atoms with Gasteiger partial charge in [-0.3, -0.25) is 9.59 Å². The van der Waals surface area contributed by atoms with Gasteiger partial charge in [0, 0.05) is 6.20 Å². The van der Waals surface area contributed by atoms with Gasteiger partial charge in [0.1, 0.15) is 11.8 Å². The smallest absolute Gasteiger partial charge is 0.311 e. The van der Waals surface area contributed by atoms with Crippen molar-refractivity contribution in [3.63, 3.8) is 0 Å². The normalized spacial score (nSPS) is 11.6. The summed E-state index contributed by atoms with van der Waals surface area (Å²) in [6.45, 7) is 6.37. The van der Waals surface area contributed by atoms with Crippen LogP contribution in [0.5, 0.6) is 0 Å². The lowest BCUT2D eigenvalue weighted by atomic mass is 9.74. The van der Waals surface area contributed by atoms with Crippen molar-refractivity contribution in [2.45, 2.75) is 33.2 Å². The highest BCUT2D eigenvalue weighted by atomic mass is 16.4. The van der Waals surface area contributed by atoms with Crippen LogP contribution in [0.2, 0.25) is 0 Å². The van der Waals surface area contributed by atoms with E-state index >= 15 is 0 Å². The number of nitriles is 1. The van der Waals surface area contributed by atoms with Crippen molar-refractivity contribution >= 4 is 11.9 Å². The van der Waals surface area contributed by atoms with Crippen LogP contribution in [0, 0.1) is 16.7 Å². The van der Waals surface area contributed by atoms with E-state index in [1.807, 2.05) is 6.07 Å². The minimum atomic E-state index is -1.14. The van der Waals surface area contributed by atoms with Crippen molar-refractivity contribution in [3.05, 3.63) is 29.6 Å². The van der Waals surface area contributed by atoms with Gasteiger partial charge in [-0.05, 0) is 39.8 Å². The van der Waals surface area contributed by atoms with Crippen LogP contribution in [0.25, 0.3) is 0 Å². The van der Waals surface area contributed by atoms with Crippen molar-refractivity contribution in [2.75, 3.05) is 0 Å². The lowest BCUT2D eigenvalue weighted by molar-refractivity contribution is -0.150. The van der Waals surface area contributed by atoms with Gasteiger partial charge in [-0.25, -0.2) is 4.98 Å². The van der Waals surface area contributed by atoms with E-state index in [1.54, 1.807) is 27.7 Å². The Balaban J connectivity index is 2.94. The molecular formula is C14H17N3O3. The average molecular weight is 275 g/mol. The third-order valence-electron chi connectivity index (χ3n) is 3.65. The molecule has 1 heterocycles. The number of amides is 1. The van der Waals surface area contributed by atoms with E-state index < -0.39 is 22.8 Å². The minimum absolute atomic E-state index is 0.137. The fourth-order valence-corrected chi connectivity index (χ4v) is 1.37. The van der Waals surface area contributed by atoms with Crippen LogP contribution < -0.4 is 5.32 Å². The first-order valence-electron chi connectivity index (χ1n) is 6.04. The molecule has 0 bridgehead atoms. The Labute approximate surface area is 117 Å². The van der Waals surface area contributed by atoms with Gasteiger partial charge in [0.25, 0.3) is 5.91 Å². The molecule has 0 saturated heterocycles. The zero-order chi connectivity index (χ0) is 15.6. The molecule has 0 atom stereocenters. The molecule has 0 fully saturated rings. The summed E-state index contributed by atoms with van der Waals surface area (Å²) >= 11 is 0. The molecule has 6 heteroatoms. The van der Waals surface area contributed by atoms with Gasteiger partial charge in [-0.1, -0.05) is 0 Å². The highest BCUT2D eigenvalue weighted by Gasteiger charge is 2.44. The maximum atomic E-state index is 12.1. The van der Waals surface area contributed by atoms with E-state index in [0.717, 1.165) is 0 Å². The van der Waals surface area contributed by atoms with Crippen LogP contribution in [0.3, 0.4) is 0 Å². The molecule has 2 N–H and O–H groups in total. The number of hydrogen-bond donors (Lipinski definition) is 2. The first-order chi connectivity index (χ1) is 9.11. The predicted octanol–water partition coefficient (Wildman–Crippen LogP) is 1.57. The molecule has 6 nitrogen and oxygen atoms in total. The Morgan fingerprint density at radius 3 is 2.30 bits per heavy atom. The van der Waals surface area contributed by atoms with Gasteiger partial charge in [0.05, 0.1) is 16.5 Å². The van der Waals surface area contributed by atoms with E-state index in [0.29, 0.717) is 5.56 Å². The molecule has 1 aromatic rings. The van der Waals surface area contributed by atoms with Crippen LogP contribution in [-0.4, -0.2) is 27.5 Å². The standard InChI is InChI=1S/C14H17N3O3/c1-13(2,12(19)20)14(3,4)17-11(18)10-6-5-9(7-15)8-16-10/h5-6,8H,1-4H3,(H,17,18)(H,19,20). The first-order valence-corrected chi connectivity index (χ1v) is 6.04. The predicted molar refractivity (Wildman–Crippen MR) is 71.9 cm³/mol. The van der Waals surface area contributed by atoms with E-state index in [2.05, 4.69) is 10.3 Å². The maximum Gasteiger partial charge on any atom is 0.311 e. The second-order valence-electron chi connectivity index (χ2n) is 5.55. The SMILES string of the molecule is CC(C)(NC(=O)c1ccc(C#N)cn1)C(C)(C)C(=O)O. The summed E-state index contributed by atoms with van der Waals surface area (Å²) in [5, 5.41) is 20.6. The molecule has 0 radical (unpaired) electrons. The average Bonchev–Trinajstić information content (AvgIpc) is 2.37.